The first kappa shape index (κ1) is 15.0. The molecular formula is C10H18N4O5S. The summed E-state index contributed by atoms with van der Waals surface area (Å²) in [5, 5.41) is 0.697. The fourth-order valence-corrected chi connectivity index (χ4v) is 2.87. The minimum absolute atomic E-state index is 0.307. The molecule has 2 aliphatic heterocycles. The van der Waals surface area contributed by atoms with E-state index in [1.165, 1.54) is 4.90 Å². The molecule has 0 saturated carbocycles. The number of carbonyl (C=O) groups is 1. The van der Waals surface area contributed by atoms with Crippen LogP contribution in [0.2, 0.25) is 0 Å². The van der Waals surface area contributed by atoms with Gasteiger partial charge in [0.2, 0.25) is 0 Å². The first-order valence-corrected chi connectivity index (χ1v) is 7.76. The number of hydroxylamine groups is 2. The number of fused-ring (bicyclic) bond motifs is 2. The van der Waals surface area contributed by atoms with Crippen molar-refractivity contribution in [1.82, 2.24) is 9.96 Å². The molecule has 0 aliphatic carbocycles. The molecule has 0 spiro atoms. The number of rotatable bonds is 5. The van der Waals surface area contributed by atoms with Crippen molar-refractivity contribution in [3.8, 4) is 0 Å². The molecule has 2 amide bonds. The van der Waals surface area contributed by atoms with E-state index in [1.807, 2.05) is 6.92 Å². The zero-order valence-electron chi connectivity index (χ0n) is 11.1. The fraction of sp³-hybridized carbons (Fsp3) is 0.800. The van der Waals surface area contributed by atoms with E-state index in [9.17, 15) is 13.2 Å². The van der Waals surface area contributed by atoms with Gasteiger partial charge in [0.15, 0.2) is 0 Å². The summed E-state index contributed by atoms with van der Waals surface area (Å²) in [6, 6.07) is -1.37. The number of urea groups is 1. The molecule has 2 rings (SSSR count). The number of hydrogen-bond donors (Lipinski definition) is 2. The van der Waals surface area contributed by atoms with Gasteiger partial charge in [-0.2, -0.15) is 13.5 Å². The maximum absolute atomic E-state index is 12.1. The van der Waals surface area contributed by atoms with Crippen molar-refractivity contribution in [2.75, 3.05) is 13.1 Å². The van der Waals surface area contributed by atoms with Crippen LogP contribution in [0, 0.1) is 0 Å². The van der Waals surface area contributed by atoms with Crippen molar-refractivity contribution < 1.29 is 22.0 Å². The van der Waals surface area contributed by atoms with Gasteiger partial charge in [-0.15, -0.1) is 4.28 Å². The number of carbonyl (C=O) groups excluding carboxylic acids is 1. The Kier molecular flexibility index (Phi) is 4.16. The summed E-state index contributed by atoms with van der Waals surface area (Å²) in [7, 11) is -4.71. The molecule has 2 fully saturated rings. The Balaban J connectivity index is 2.13. The Bertz CT molecular complexity index is 520. The minimum Gasteiger partial charge on any atom is -0.386 e. The molecule has 0 aromatic heterocycles. The Hall–Kier alpha value is -1.39. The lowest BCUT2D eigenvalue weighted by atomic mass is 10.0. The summed E-state index contributed by atoms with van der Waals surface area (Å²) >= 11 is 0. The average molecular weight is 306 g/mol. The van der Waals surface area contributed by atoms with Crippen molar-refractivity contribution in [1.29, 1.82) is 0 Å². The predicted octanol–water partition coefficient (Wildman–Crippen LogP) is -0.243. The molecule has 3 N–H and O–H groups in total. The molecule has 2 bridgehead atoms. The fourth-order valence-electron chi connectivity index (χ4n) is 2.49. The second kappa shape index (κ2) is 5.54. The predicted molar refractivity (Wildman–Crippen MR) is 70.2 cm³/mol. The minimum atomic E-state index is -4.71. The highest BCUT2D eigenvalue weighted by Crippen LogP contribution is 2.30. The van der Waals surface area contributed by atoms with Crippen molar-refractivity contribution in [3.05, 3.63) is 0 Å². The third kappa shape index (κ3) is 3.02. The normalized spacial score (nSPS) is 27.3. The summed E-state index contributed by atoms with van der Waals surface area (Å²) < 4.78 is 34.5. The van der Waals surface area contributed by atoms with Crippen LogP contribution in [0.4, 0.5) is 4.79 Å². The zero-order valence-corrected chi connectivity index (χ0v) is 11.9. The lowest BCUT2D eigenvalue weighted by Gasteiger charge is -2.29. The molecule has 2 atom stereocenters. The number of nitrogens with zero attached hydrogens (tertiary/aromatic N) is 3. The topological polar surface area (TPSA) is 126 Å². The Labute approximate surface area is 117 Å². The molecule has 9 nitrogen and oxygen atoms in total. The number of nitrogens with two attached hydrogens (primary N) is 1. The van der Waals surface area contributed by atoms with E-state index < -0.39 is 22.5 Å². The monoisotopic (exact) mass is 306 g/mol. The maximum atomic E-state index is 12.1. The lowest BCUT2D eigenvalue weighted by molar-refractivity contribution is -0.0316. The van der Waals surface area contributed by atoms with Gasteiger partial charge >= 0.3 is 16.4 Å². The molecule has 2 aliphatic rings. The van der Waals surface area contributed by atoms with E-state index in [0.29, 0.717) is 36.8 Å². The van der Waals surface area contributed by atoms with E-state index >= 15 is 0 Å². The van der Waals surface area contributed by atoms with Crippen molar-refractivity contribution in [3.63, 3.8) is 0 Å². The molecule has 0 radical (unpaired) electrons. The van der Waals surface area contributed by atoms with Gasteiger partial charge in [0.25, 0.3) is 0 Å². The third-order valence-corrected chi connectivity index (χ3v) is 3.71. The summed E-state index contributed by atoms with van der Waals surface area (Å²) in [6.07, 6.45) is 1.97. The van der Waals surface area contributed by atoms with Crippen molar-refractivity contribution in [2.24, 2.45) is 10.7 Å². The van der Waals surface area contributed by atoms with E-state index in [1.54, 1.807) is 0 Å². The van der Waals surface area contributed by atoms with Gasteiger partial charge in [-0.05, 0) is 19.3 Å². The molecule has 0 aromatic rings. The number of amidine groups is 1. The molecule has 10 heteroatoms. The Morgan fingerprint density at radius 3 is 2.85 bits per heavy atom. The smallest absolute Gasteiger partial charge is 0.386 e. The van der Waals surface area contributed by atoms with Gasteiger partial charge in [-0.1, -0.05) is 6.92 Å². The summed E-state index contributed by atoms with van der Waals surface area (Å²) in [6.45, 7) is 2.86. The Morgan fingerprint density at radius 2 is 2.25 bits per heavy atom. The van der Waals surface area contributed by atoms with Crippen LogP contribution in [0.15, 0.2) is 4.99 Å². The van der Waals surface area contributed by atoms with Crippen LogP contribution in [0.3, 0.4) is 0 Å². The van der Waals surface area contributed by atoms with Gasteiger partial charge in [0, 0.05) is 13.1 Å². The molecular weight excluding hydrogens is 288 g/mol. The molecule has 2 heterocycles. The summed E-state index contributed by atoms with van der Waals surface area (Å²) in [5.74, 6) is 0.368. The molecule has 20 heavy (non-hydrogen) atoms. The number of amides is 2. The molecule has 0 unspecified atom stereocenters. The van der Waals surface area contributed by atoms with Crippen LogP contribution >= 0.6 is 0 Å². The highest BCUT2D eigenvalue weighted by Gasteiger charge is 2.48. The highest BCUT2D eigenvalue weighted by molar-refractivity contribution is 7.80. The average Bonchev–Trinajstić information content (AvgIpc) is 2.60. The molecule has 0 aromatic carbocycles. The quantitative estimate of drug-likeness (QED) is 0.410. The number of hydrogen-bond acceptors (Lipinski definition) is 5. The van der Waals surface area contributed by atoms with Crippen LogP contribution in [0.1, 0.15) is 26.2 Å². The second-order valence-corrected chi connectivity index (χ2v) is 5.82. The van der Waals surface area contributed by atoms with Crippen LogP contribution < -0.4 is 5.73 Å². The third-order valence-electron chi connectivity index (χ3n) is 3.36. The first-order valence-electron chi connectivity index (χ1n) is 6.40. The summed E-state index contributed by atoms with van der Waals surface area (Å²) in [4.78, 5) is 17.7. The molecule has 114 valence electrons. The number of piperidine rings is 1. The van der Waals surface area contributed by atoms with Gasteiger partial charge in [-0.3, -0.25) is 9.55 Å². The standard InChI is InChI=1S/C10H18N4O5S/c1-2-5-12-9(11)8-4-3-7-6-13(8)10(15)14(7)19-20(16,17)18/h7-8H,2-6H2,1H3,(H2,11,12)(H,16,17,18)/t7-,8+/m1/s1. The van der Waals surface area contributed by atoms with E-state index in [-0.39, 0.29) is 6.04 Å². The Morgan fingerprint density at radius 1 is 1.55 bits per heavy atom. The van der Waals surface area contributed by atoms with Gasteiger partial charge in [0.05, 0.1) is 12.1 Å². The van der Waals surface area contributed by atoms with Crippen molar-refractivity contribution in [2.45, 2.75) is 38.3 Å². The summed E-state index contributed by atoms with van der Waals surface area (Å²) in [5.41, 5.74) is 5.88. The SMILES string of the molecule is CCCN=C(N)[C@@H]1CC[C@@H]2CN1C(=O)N2OS(=O)(=O)O. The van der Waals surface area contributed by atoms with Crippen LogP contribution in [-0.2, 0) is 14.7 Å². The van der Waals surface area contributed by atoms with Crippen LogP contribution in [0.25, 0.3) is 0 Å². The maximum Gasteiger partial charge on any atom is 0.418 e. The highest BCUT2D eigenvalue weighted by atomic mass is 32.3. The molecule has 2 saturated heterocycles. The van der Waals surface area contributed by atoms with Crippen molar-refractivity contribution >= 4 is 22.3 Å². The second-order valence-electron chi connectivity index (χ2n) is 4.82. The van der Waals surface area contributed by atoms with Gasteiger partial charge in [-0.25, -0.2) is 4.79 Å². The first-order chi connectivity index (χ1) is 9.33. The lowest BCUT2D eigenvalue weighted by Crippen LogP contribution is -2.48. The number of aliphatic imine (C=N–C) groups is 1. The van der Waals surface area contributed by atoms with Gasteiger partial charge in [0.1, 0.15) is 5.84 Å². The zero-order chi connectivity index (χ0) is 14.9. The largest absolute Gasteiger partial charge is 0.418 e. The van der Waals surface area contributed by atoms with E-state index in [2.05, 4.69) is 9.28 Å². The van der Waals surface area contributed by atoms with E-state index in [0.717, 1.165) is 6.42 Å². The van der Waals surface area contributed by atoms with Crippen LogP contribution in [0.5, 0.6) is 0 Å². The van der Waals surface area contributed by atoms with E-state index in [4.69, 9.17) is 10.3 Å². The van der Waals surface area contributed by atoms with Crippen LogP contribution in [-0.4, -0.2) is 60.0 Å². The van der Waals surface area contributed by atoms with Gasteiger partial charge < -0.3 is 10.6 Å².